The van der Waals surface area contributed by atoms with Gasteiger partial charge in [0, 0.05) is 18.0 Å². The zero-order valence-electron chi connectivity index (χ0n) is 8.67. The van der Waals surface area contributed by atoms with Gasteiger partial charge in [0.2, 0.25) is 0 Å². The van der Waals surface area contributed by atoms with Crippen molar-refractivity contribution in [1.82, 2.24) is 9.55 Å². The van der Waals surface area contributed by atoms with Gasteiger partial charge in [-0.05, 0) is 18.6 Å². The summed E-state index contributed by atoms with van der Waals surface area (Å²) in [6.45, 7) is -0.0223. The number of aliphatic hydroxyl groups is 1. The molecule has 0 bridgehead atoms. The van der Waals surface area contributed by atoms with Gasteiger partial charge in [0.1, 0.15) is 0 Å². The summed E-state index contributed by atoms with van der Waals surface area (Å²) < 4.78 is 2.13. The highest BCUT2D eigenvalue weighted by molar-refractivity contribution is 7.99. The second-order valence-electron chi connectivity index (χ2n) is 3.89. The van der Waals surface area contributed by atoms with Gasteiger partial charge in [-0.2, -0.15) is 11.8 Å². The predicted octanol–water partition coefficient (Wildman–Crippen LogP) is 0.943. The van der Waals surface area contributed by atoms with Crippen molar-refractivity contribution in [3.63, 3.8) is 0 Å². The molecule has 84 valence electrons. The molecular weight excluding hydrogens is 210 g/mol. The summed E-state index contributed by atoms with van der Waals surface area (Å²) in [7, 11) is 0. The fraction of sp³-hybridized carbons (Fsp3) is 0.700. The number of nitrogens with zero attached hydrogens (tertiary/aromatic N) is 2. The van der Waals surface area contributed by atoms with E-state index < -0.39 is 0 Å². The molecule has 2 rings (SSSR count). The van der Waals surface area contributed by atoms with Crippen LogP contribution in [0.1, 0.15) is 30.6 Å². The molecule has 0 aliphatic carbocycles. The minimum Gasteiger partial charge on any atom is -0.394 e. The van der Waals surface area contributed by atoms with Gasteiger partial charge in [0.05, 0.1) is 24.7 Å². The Labute approximate surface area is 93.9 Å². The Kier molecular flexibility index (Phi) is 3.66. The van der Waals surface area contributed by atoms with E-state index in [0.29, 0.717) is 6.04 Å². The third-order valence-electron chi connectivity index (χ3n) is 2.80. The molecule has 1 aliphatic rings. The zero-order valence-corrected chi connectivity index (χ0v) is 9.49. The van der Waals surface area contributed by atoms with E-state index in [4.69, 9.17) is 10.8 Å². The summed E-state index contributed by atoms with van der Waals surface area (Å²) in [5.41, 5.74) is 6.78. The number of aromatic nitrogens is 2. The Morgan fingerprint density at radius 3 is 3.27 bits per heavy atom. The van der Waals surface area contributed by atoms with Crippen LogP contribution in [0.5, 0.6) is 0 Å². The Morgan fingerprint density at radius 2 is 2.60 bits per heavy atom. The average molecular weight is 227 g/mol. The van der Waals surface area contributed by atoms with Crippen molar-refractivity contribution >= 4 is 11.8 Å². The third kappa shape index (κ3) is 2.35. The maximum absolute atomic E-state index is 9.06. The molecule has 0 radical (unpaired) electrons. The van der Waals surface area contributed by atoms with Gasteiger partial charge >= 0.3 is 0 Å². The second-order valence-corrected chi connectivity index (χ2v) is 5.04. The van der Waals surface area contributed by atoms with Crippen molar-refractivity contribution < 1.29 is 5.11 Å². The van der Waals surface area contributed by atoms with Crippen LogP contribution in [0.4, 0.5) is 0 Å². The van der Waals surface area contributed by atoms with E-state index in [1.807, 2.05) is 18.1 Å². The summed E-state index contributed by atoms with van der Waals surface area (Å²) in [5, 5.41) is 9.06. The largest absolute Gasteiger partial charge is 0.394 e. The zero-order chi connectivity index (χ0) is 10.7. The Morgan fingerprint density at radius 1 is 1.73 bits per heavy atom. The number of hydrogen-bond donors (Lipinski definition) is 2. The molecule has 0 saturated carbocycles. The highest BCUT2D eigenvalue weighted by Gasteiger charge is 2.20. The fourth-order valence-electron chi connectivity index (χ4n) is 1.94. The number of hydrogen-bond acceptors (Lipinski definition) is 4. The Hall–Kier alpha value is -0.520. The lowest BCUT2D eigenvalue weighted by atomic mass is 10.1. The molecule has 1 aromatic heterocycles. The van der Waals surface area contributed by atoms with Crippen LogP contribution in [0.15, 0.2) is 12.5 Å². The fourth-order valence-corrected chi connectivity index (χ4v) is 3.08. The maximum Gasteiger partial charge on any atom is 0.0951 e. The van der Waals surface area contributed by atoms with Gasteiger partial charge < -0.3 is 15.4 Å². The molecule has 4 nitrogen and oxygen atoms in total. The van der Waals surface area contributed by atoms with Crippen molar-refractivity contribution in [2.45, 2.75) is 24.9 Å². The summed E-state index contributed by atoms with van der Waals surface area (Å²) in [4.78, 5) is 4.13. The number of imidazole rings is 1. The van der Waals surface area contributed by atoms with Crippen molar-refractivity contribution in [2.75, 3.05) is 18.1 Å². The molecule has 1 aliphatic heterocycles. The predicted molar refractivity (Wildman–Crippen MR) is 61.8 cm³/mol. The first kappa shape index (κ1) is 11.0. The van der Waals surface area contributed by atoms with Crippen molar-refractivity contribution in [2.24, 2.45) is 5.73 Å². The Balaban J connectivity index is 2.15. The van der Waals surface area contributed by atoms with Crippen LogP contribution in [0.2, 0.25) is 0 Å². The first-order valence-corrected chi connectivity index (χ1v) is 6.44. The molecule has 1 saturated heterocycles. The smallest absolute Gasteiger partial charge is 0.0951 e. The van der Waals surface area contributed by atoms with Gasteiger partial charge in [-0.25, -0.2) is 4.98 Å². The van der Waals surface area contributed by atoms with Gasteiger partial charge in [0.15, 0.2) is 0 Å². The minimum absolute atomic E-state index is 0.0223. The van der Waals surface area contributed by atoms with Crippen molar-refractivity contribution in [3.8, 4) is 0 Å². The standard InChI is InChI=1S/C10H17N3OS/c11-9(5-14)10-4-12-7-13(10)8-2-1-3-15-6-8/h4,7-9,14H,1-3,5-6,11H2. The first-order valence-electron chi connectivity index (χ1n) is 5.29. The molecule has 2 atom stereocenters. The minimum atomic E-state index is -0.306. The summed E-state index contributed by atoms with van der Waals surface area (Å²) >= 11 is 1.98. The molecule has 0 amide bonds. The number of aliphatic hydroxyl groups excluding tert-OH is 1. The van der Waals surface area contributed by atoms with Crippen LogP contribution in [-0.2, 0) is 0 Å². The number of thioether (sulfide) groups is 1. The van der Waals surface area contributed by atoms with E-state index in [9.17, 15) is 0 Å². The molecule has 2 unspecified atom stereocenters. The van der Waals surface area contributed by atoms with Gasteiger partial charge in [-0.15, -0.1) is 0 Å². The van der Waals surface area contributed by atoms with Crippen molar-refractivity contribution in [3.05, 3.63) is 18.2 Å². The molecule has 5 heteroatoms. The van der Waals surface area contributed by atoms with E-state index in [1.165, 1.54) is 18.6 Å². The van der Waals surface area contributed by atoms with E-state index >= 15 is 0 Å². The highest BCUT2D eigenvalue weighted by atomic mass is 32.2. The van der Waals surface area contributed by atoms with Crippen LogP contribution >= 0.6 is 11.8 Å². The summed E-state index contributed by atoms with van der Waals surface area (Å²) in [5.74, 6) is 2.38. The third-order valence-corrected chi connectivity index (χ3v) is 4.00. The molecule has 3 N–H and O–H groups in total. The highest BCUT2D eigenvalue weighted by Crippen LogP contribution is 2.28. The molecule has 15 heavy (non-hydrogen) atoms. The summed E-state index contributed by atoms with van der Waals surface area (Å²) in [6.07, 6.45) is 6.04. The molecule has 0 aromatic carbocycles. The number of nitrogens with two attached hydrogens (primary N) is 1. The van der Waals surface area contributed by atoms with Crippen molar-refractivity contribution in [1.29, 1.82) is 0 Å². The monoisotopic (exact) mass is 227 g/mol. The summed E-state index contributed by atoms with van der Waals surface area (Å²) in [6, 6.07) is 0.193. The van der Waals surface area contributed by atoms with Crippen LogP contribution in [-0.4, -0.2) is 32.8 Å². The molecular formula is C10H17N3OS. The Bertz CT molecular complexity index is 309. The molecule has 1 aromatic rings. The topological polar surface area (TPSA) is 64.1 Å². The lowest BCUT2D eigenvalue weighted by Crippen LogP contribution is -2.23. The van der Waals surface area contributed by atoms with E-state index in [0.717, 1.165) is 11.4 Å². The SMILES string of the molecule is NC(CO)c1cncn1C1CCCSC1. The van der Waals surface area contributed by atoms with Crippen LogP contribution in [0.25, 0.3) is 0 Å². The normalized spacial score (nSPS) is 24.0. The van der Waals surface area contributed by atoms with E-state index in [2.05, 4.69) is 9.55 Å². The van der Waals surface area contributed by atoms with Gasteiger partial charge in [-0.1, -0.05) is 0 Å². The molecule has 2 heterocycles. The lowest BCUT2D eigenvalue weighted by molar-refractivity contribution is 0.261. The van der Waals surface area contributed by atoms with E-state index in [1.54, 1.807) is 6.20 Å². The van der Waals surface area contributed by atoms with Crippen LogP contribution in [0.3, 0.4) is 0 Å². The average Bonchev–Trinajstić information content (AvgIpc) is 2.78. The first-order chi connectivity index (χ1) is 7.33. The van der Waals surface area contributed by atoms with Gasteiger partial charge in [0.25, 0.3) is 0 Å². The molecule has 1 fully saturated rings. The quantitative estimate of drug-likeness (QED) is 0.806. The second kappa shape index (κ2) is 5.01. The van der Waals surface area contributed by atoms with E-state index in [-0.39, 0.29) is 12.6 Å². The maximum atomic E-state index is 9.06. The molecule has 0 spiro atoms. The van der Waals surface area contributed by atoms with Gasteiger partial charge in [-0.3, -0.25) is 0 Å². The van der Waals surface area contributed by atoms with Crippen LogP contribution < -0.4 is 5.73 Å². The number of rotatable bonds is 3. The van der Waals surface area contributed by atoms with Crippen LogP contribution in [0, 0.1) is 0 Å². The lowest BCUT2D eigenvalue weighted by Gasteiger charge is -2.25.